The summed E-state index contributed by atoms with van der Waals surface area (Å²) in [6, 6.07) is 15.7. The van der Waals surface area contributed by atoms with Crippen LogP contribution in [0, 0.1) is 6.92 Å². The number of rotatable bonds is 20. The first-order valence-electron chi connectivity index (χ1n) is 15.5. The monoisotopic (exact) mass is 531 g/mol. The lowest BCUT2D eigenvalue weighted by Gasteiger charge is -2.10. The van der Waals surface area contributed by atoms with Gasteiger partial charge in [-0.1, -0.05) is 145 Å². The minimum absolute atomic E-state index is 0.0547. The van der Waals surface area contributed by atoms with Crippen molar-refractivity contribution in [1.82, 2.24) is 4.57 Å². The first kappa shape index (κ1) is 30.7. The standard InChI is InChI=1S/C35H49NO3/c1-3-4-5-6-7-8-9-10-11-12-13-14-15-16-17-22-32(37)33-30-20-18-19-21-31(30)36(34(33)35(38)39)27-29-25-23-28(2)24-26-29/h18-21,23-26H,3-17,22,27H2,1-2H3,(H,38,39). The van der Waals surface area contributed by atoms with E-state index in [4.69, 9.17) is 0 Å². The van der Waals surface area contributed by atoms with Crippen molar-refractivity contribution in [3.63, 3.8) is 0 Å². The smallest absolute Gasteiger partial charge is 0.353 e. The summed E-state index contributed by atoms with van der Waals surface area (Å²) in [5, 5.41) is 10.9. The number of carbonyl (C=O) groups excluding carboxylic acids is 1. The lowest BCUT2D eigenvalue weighted by atomic mass is 10.00. The molecule has 1 aromatic heterocycles. The van der Waals surface area contributed by atoms with Crippen molar-refractivity contribution in [2.24, 2.45) is 0 Å². The van der Waals surface area contributed by atoms with Crippen molar-refractivity contribution in [1.29, 1.82) is 0 Å². The number of ketones is 1. The molecule has 1 N–H and O–H groups in total. The first-order valence-corrected chi connectivity index (χ1v) is 15.5. The molecular formula is C35H49NO3. The Bertz CT molecular complexity index is 1160. The maximum absolute atomic E-state index is 13.4. The van der Waals surface area contributed by atoms with Gasteiger partial charge in [0.05, 0.1) is 5.56 Å². The van der Waals surface area contributed by atoms with Crippen molar-refractivity contribution in [3.8, 4) is 0 Å². The van der Waals surface area contributed by atoms with E-state index in [1.165, 1.54) is 77.0 Å². The molecule has 0 aliphatic heterocycles. The number of Topliss-reactive ketones (excluding diaryl/α,β-unsaturated/α-hetero) is 1. The Morgan fingerprint density at radius 3 is 1.74 bits per heavy atom. The van der Waals surface area contributed by atoms with E-state index in [1.807, 2.05) is 55.5 Å². The molecule has 212 valence electrons. The minimum atomic E-state index is -1.04. The van der Waals surface area contributed by atoms with E-state index >= 15 is 0 Å². The van der Waals surface area contributed by atoms with E-state index in [0.29, 0.717) is 18.5 Å². The van der Waals surface area contributed by atoms with E-state index in [0.717, 1.165) is 41.3 Å². The summed E-state index contributed by atoms with van der Waals surface area (Å²) < 4.78 is 1.79. The second kappa shape index (κ2) is 16.9. The first-order chi connectivity index (χ1) is 19.0. The largest absolute Gasteiger partial charge is 0.477 e. The lowest BCUT2D eigenvalue weighted by Crippen LogP contribution is -2.14. The third-order valence-corrected chi connectivity index (χ3v) is 7.92. The van der Waals surface area contributed by atoms with Gasteiger partial charge in [0, 0.05) is 23.9 Å². The summed E-state index contributed by atoms with van der Waals surface area (Å²) >= 11 is 0. The van der Waals surface area contributed by atoms with Gasteiger partial charge >= 0.3 is 5.97 Å². The third-order valence-electron chi connectivity index (χ3n) is 7.92. The molecule has 0 saturated carbocycles. The zero-order valence-electron chi connectivity index (χ0n) is 24.4. The molecule has 3 rings (SSSR count). The van der Waals surface area contributed by atoms with E-state index in [1.54, 1.807) is 4.57 Å². The number of hydrogen-bond donors (Lipinski definition) is 1. The molecule has 0 amide bonds. The number of benzene rings is 2. The maximum atomic E-state index is 13.4. The fraction of sp³-hybridized carbons (Fsp3) is 0.543. The molecule has 4 heteroatoms. The number of nitrogens with zero attached hydrogens (tertiary/aromatic N) is 1. The highest BCUT2D eigenvalue weighted by Gasteiger charge is 2.26. The molecule has 0 atom stereocenters. The SMILES string of the molecule is CCCCCCCCCCCCCCCCCC(=O)c1c(C(=O)O)n(Cc2ccc(C)cc2)c2ccccc12. The van der Waals surface area contributed by atoms with Gasteiger partial charge in [-0.05, 0) is 25.0 Å². The van der Waals surface area contributed by atoms with Gasteiger partial charge < -0.3 is 9.67 Å². The van der Waals surface area contributed by atoms with Gasteiger partial charge in [-0.2, -0.15) is 0 Å². The number of fused-ring (bicyclic) bond motifs is 1. The normalized spacial score (nSPS) is 11.3. The number of carboxylic acid groups (broad SMARTS) is 1. The van der Waals surface area contributed by atoms with Crippen molar-refractivity contribution < 1.29 is 14.7 Å². The molecule has 0 bridgehead atoms. The Kier molecular flexibility index (Phi) is 13.3. The van der Waals surface area contributed by atoms with Gasteiger partial charge in [0.2, 0.25) is 0 Å². The second-order valence-corrected chi connectivity index (χ2v) is 11.2. The molecule has 0 radical (unpaired) electrons. The minimum Gasteiger partial charge on any atom is -0.477 e. The zero-order chi connectivity index (χ0) is 27.9. The van der Waals surface area contributed by atoms with Crippen molar-refractivity contribution >= 4 is 22.7 Å². The highest BCUT2D eigenvalue weighted by atomic mass is 16.4. The molecule has 39 heavy (non-hydrogen) atoms. The average Bonchev–Trinajstić information content (AvgIpc) is 3.26. The van der Waals surface area contributed by atoms with Crippen LogP contribution in [0.5, 0.6) is 0 Å². The highest BCUT2D eigenvalue weighted by Crippen LogP contribution is 2.29. The number of aromatic carboxylic acids is 1. The van der Waals surface area contributed by atoms with Crippen LogP contribution in [0.1, 0.15) is 142 Å². The fourth-order valence-corrected chi connectivity index (χ4v) is 5.63. The predicted molar refractivity (Wildman–Crippen MR) is 163 cm³/mol. The Morgan fingerprint density at radius 2 is 1.21 bits per heavy atom. The Hall–Kier alpha value is -2.88. The van der Waals surface area contributed by atoms with E-state index in [-0.39, 0.29) is 11.5 Å². The van der Waals surface area contributed by atoms with E-state index in [2.05, 4.69) is 6.92 Å². The predicted octanol–water partition coefficient (Wildman–Crippen LogP) is 10.1. The summed E-state index contributed by atoms with van der Waals surface area (Å²) in [6.07, 6.45) is 19.6. The molecule has 3 aromatic rings. The quantitative estimate of drug-likeness (QED) is 0.116. The number of aromatic nitrogens is 1. The van der Waals surface area contributed by atoms with Crippen LogP contribution in [0.15, 0.2) is 48.5 Å². The number of carbonyl (C=O) groups is 2. The van der Waals surface area contributed by atoms with Gasteiger partial charge in [0.15, 0.2) is 5.78 Å². The van der Waals surface area contributed by atoms with Crippen LogP contribution in [-0.4, -0.2) is 21.4 Å². The average molecular weight is 532 g/mol. The summed E-state index contributed by atoms with van der Waals surface area (Å²) in [5.41, 5.74) is 3.47. The van der Waals surface area contributed by atoms with Crippen LogP contribution >= 0.6 is 0 Å². The van der Waals surface area contributed by atoms with Gasteiger partial charge in [-0.3, -0.25) is 4.79 Å². The Balaban J connectivity index is 1.44. The van der Waals surface area contributed by atoms with Gasteiger partial charge in [-0.15, -0.1) is 0 Å². The summed E-state index contributed by atoms with van der Waals surface area (Å²) in [7, 11) is 0. The number of carboxylic acids is 1. The molecule has 1 heterocycles. The molecule has 4 nitrogen and oxygen atoms in total. The van der Waals surface area contributed by atoms with Crippen LogP contribution < -0.4 is 0 Å². The Labute approximate surface area is 235 Å². The third kappa shape index (κ3) is 9.67. The molecule has 0 saturated heterocycles. The van der Waals surface area contributed by atoms with Crippen LogP contribution in [0.2, 0.25) is 0 Å². The molecule has 0 aliphatic rings. The zero-order valence-corrected chi connectivity index (χ0v) is 24.4. The summed E-state index contributed by atoms with van der Waals surface area (Å²) in [4.78, 5) is 25.8. The van der Waals surface area contributed by atoms with E-state index < -0.39 is 5.97 Å². The molecule has 0 spiro atoms. The lowest BCUT2D eigenvalue weighted by molar-refractivity contribution is 0.0681. The van der Waals surface area contributed by atoms with E-state index in [9.17, 15) is 14.7 Å². The summed E-state index contributed by atoms with van der Waals surface area (Å²) in [5.74, 6) is -1.10. The van der Waals surface area contributed by atoms with Gasteiger partial charge in [0.25, 0.3) is 0 Å². The second-order valence-electron chi connectivity index (χ2n) is 11.2. The van der Waals surface area contributed by atoms with Crippen LogP contribution in [0.25, 0.3) is 10.9 Å². The molecule has 0 aliphatic carbocycles. The number of unbranched alkanes of at least 4 members (excludes halogenated alkanes) is 14. The highest BCUT2D eigenvalue weighted by molar-refractivity contribution is 6.15. The van der Waals surface area contributed by atoms with Gasteiger partial charge in [-0.25, -0.2) is 4.79 Å². The fourth-order valence-electron chi connectivity index (χ4n) is 5.63. The number of hydrogen-bond acceptors (Lipinski definition) is 2. The molecule has 0 unspecified atom stereocenters. The van der Waals surface area contributed by atoms with Crippen molar-refractivity contribution in [3.05, 3.63) is 70.9 Å². The van der Waals surface area contributed by atoms with Crippen molar-refractivity contribution in [2.75, 3.05) is 0 Å². The number of aryl methyl sites for hydroxylation is 1. The number of para-hydroxylation sites is 1. The maximum Gasteiger partial charge on any atom is 0.353 e. The van der Waals surface area contributed by atoms with Gasteiger partial charge in [0.1, 0.15) is 5.69 Å². The molecular weight excluding hydrogens is 482 g/mol. The van der Waals surface area contributed by atoms with Crippen molar-refractivity contribution in [2.45, 2.75) is 123 Å². The summed E-state index contributed by atoms with van der Waals surface area (Å²) in [6.45, 7) is 4.73. The van der Waals surface area contributed by atoms with Crippen LogP contribution in [0.3, 0.4) is 0 Å². The molecule has 0 fully saturated rings. The topological polar surface area (TPSA) is 59.3 Å². The van der Waals surface area contributed by atoms with Crippen LogP contribution in [-0.2, 0) is 6.54 Å². The van der Waals surface area contributed by atoms with Crippen LogP contribution in [0.4, 0.5) is 0 Å². The Morgan fingerprint density at radius 1 is 0.692 bits per heavy atom. The molecule has 2 aromatic carbocycles.